The zero-order valence-corrected chi connectivity index (χ0v) is 12.3. The SMILES string of the molecule is CC1(C)CCC(NC(=O)c2ccc(Cl)cc2N)CC1. The summed E-state index contributed by atoms with van der Waals surface area (Å²) in [5.74, 6) is -0.0983. The van der Waals surface area contributed by atoms with E-state index in [0.717, 1.165) is 25.7 Å². The fourth-order valence-corrected chi connectivity index (χ4v) is 2.73. The highest BCUT2D eigenvalue weighted by Crippen LogP contribution is 2.35. The van der Waals surface area contributed by atoms with E-state index in [-0.39, 0.29) is 11.9 Å². The molecule has 19 heavy (non-hydrogen) atoms. The zero-order valence-electron chi connectivity index (χ0n) is 11.5. The molecule has 1 fully saturated rings. The number of hydrogen-bond acceptors (Lipinski definition) is 2. The Bertz CT molecular complexity index is 475. The molecule has 0 aromatic heterocycles. The van der Waals surface area contributed by atoms with E-state index < -0.39 is 0 Å². The van der Waals surface area contributed by atoms with Crippen LogP contribution in [0.15, 0.2) is 18.2 Å². The number of anilines is 1. The Kier molecular flexibility index (Phi) is 4.04. The number of amides is 1. The van der Waals surface area contributed by atoms with Crippen LogP contribution in [0.3, 0.4) is 0 Å². The van der Waals surface area contributed by atoms with E-state index in [4.69, 9.17) is 17.3 Å². The first-order valence-corrected chi connectivity index (χ1v) is 7.11. The average Bonchev–Trinajstić information content (AvgIpc) is 2.31. The third-order valence-electron chi connectivity index (χ3n) is 3.93. The summed E-state index contributed by atoms with van der Waals surface area (Å²) in [4.78, 5) is 12.2. The molecule has 0 saturated heterocycles. The predicted octanol–water partition coefficient (Wildman–Crippen LogP) is 3.62. The highest BCUT2D eigenvalue weighted by molar-refractivity contribution is 6.31. The van der Waals surface area contributed by atoms with Crippen LogP contribution in [0.25, 0.3) is 0 Å². The number of nitrogen functional groups attached to an aromatic ring is 1. The summed E-state index contributed by atoms with van der Waals surface area (Å²) in [6.07, 6.45) is 4.36. The maximum absolute atomic E-state index is 12.2. The molecule has 1 aliphatic rings. The summed E-state index contributed by atoms with van der Waals surface area (Å²) in [5.41, 5.74) is 7.17. The quantitative estimate of drug-likeness (QED) is 0.813. The smallest absolute Gasteiger partial charge is 0.253 e. The van der Waals surface area contributed by atoms with Gasteiger partial charge in [0.05, 0.1) is 5.56 Å². The molecule has 1 aromatic rings. The van der Waals surface area contributed by atoms with Gasteiger partial charge in [-0.1, -0.05) is 25.4 Å². The summed E-state index contributed by atoms with van der Waals surface area (Å²) in [7, 11) is 0. The van der Waals surface area contributed by atoms with E-state index in [1.807, 2.05) is 0 Å². The molecule has 0 radical (unpaired) electrons. The van der Waals surface area contributed by atoms with Gasteiger partial charge in [0.15, 0.2) is 0 Å². The molecule has 0 spiro atoms. The topological polar surface area (TPSA) is 55.1 Å². The lowest BCUT2D eigenvalue weighted by atomic mass is 9.75. The van der Waals surface area contributed by atoms with Gasteiger partial charge in [0, 0.05) is 16.8 Å². The Labute approximate surface area is 119 Å². The van der Waals surface area contributed by atoms with Crippen molar-refractivity contribution in [2.24, 2.45) is 5.41 Å². The Morgan fingerprint density at radius 1 is 1.37 bits per heavy atom. The summed E-state index contributed by atoms with van der Waals surface area (Å²) in [5, 5.41) is 3.62. The highest BCUT2D eigenvalue weighted by atomic mass is 35.5. The molecule has 3 N–H and O–H groups in total. The first-order valence-electron chi connectivity index (χ1n) is 6.73. The third-order valence-corrected chi connectivity index (χ3v) is 4.17. The predicted molar refractivity (Wildman–Crippen MR) is 79.4 cm³/mol. The zero-order chi connectivity index (χ0) is 14.0. The van der Waals surface area contributed by atoms with Crippen molar-refractivity contribution in [3.8, 4) is 0 Å². The van der Waals surface area contributed by atoms with E-state index in [0.29, 0.717) is 21.7 Å². The van der Waals surface area contributed by atoms with Crippen molar-refractivity contribution in [3.63, 3.8) is 0 Å². The Morgan fingerprint density at radius 3 is 2.58 bits per heavy atom. The van der Waals surface area contributed by atoms with Crippen molar-refractivity contribution in [3.05, 3.63) is 28.8 Å². The normalized spacial score (nSPS) is 19.1. The van der Waals surface area contributed by atoms with Gasteiger partial charge >= 0.3 is 0 Å². The number of rotatable bonds is 2. The second kappa shape index (κ2) is 5.41. The summed E-state index contributed by atoms with van der Waals surface area (Å²) >= 11 is 5.83. The van der Waals surface area contributed by atoms with E-state index in [9.17, 15) is 4.79 Å². The molecule has 104 valence electrons. The summed E-state index contributed by atoms with van der Waals surface area (Å²) in [6, 6.07) is 5.24. The highest BCUT2D eigenvalue weighted by Gasteiger charge is 2.27. The number of nitrogens with two attached hydrogens (primary N) is 1. The molecular weight excluding hydrogens is 260 g/mol. The molecule has 0 atom stereocenters. The molecule has 1 saturated carbocycles. The molecule has 0 heterocycles. The van der Waals surface area contributed by atoms with Crippen molar-refractivity contribution in [1.82, 2.24) is 5.32 Å². The van der Waals surface area contributed by atoms with Crippen LogP contribution in [0.2, 0.25) is 5.02 Å². The lowest BCUT2D eigenvalue weighted by Gasteiger charge is -2.34. The van der Waals surface area contributed by atoms with Gasteiger partial charge in [-0.3, -0.25) is 4.79 Å². The number of nitrogens with one attached hydrogen (secondary N) is 1. The molecule has 0 aliphatic heterocycles. The van der Waals surface area contributed by atoms with Crippen molar-refractivity contribution < 1.29 is 4.79 Å². The van der Waals surface area contributed by atoms with E-state index in [1.54, 1.807) is 18.2 Å². The number of halogens is 1. The van der Waals surface area contributed by atoms with Gasteiger partial charge in [-0.25, -0.2) is 0 Å². The molecule has 0 unspecified atom stereocenters. The minimum Gasteiger partial charge on any atom is -0.398 e. The largest absolute Gasteiger partial charge is 0.398 e. The molecule has 4 heteroatoms. The average molecular weight is 281 g/mol. The Balaban J connectivity index is 1.98. The van der Waals surface area contributed by atoms with E-state index in [2.05, 4.69) is 19.2 Å². The first kappa shape index (κ1) is 14.2. The number of carbonyl (C=O) groups excluding carboxylic acids is 1. The maximum Gasteiger partial charge on any atom is 0.253 e. The number of benzene rings is 1. The second-order valence-corrected chi connectivity index (χ2v) is 6.58. The van der Waals surface area contributed by atoms with Crippen molar-refractivity contribution >= 4 is 23.2 Å². The molecule has 1 aliphatic carbocycles. The lowest BCUT2D eigenvalue weighted by molar-refractivity contribution is 0.0910. The number of carbonyl (C=O) groups is 1. The third kappa shape index (κ3) is 3.63. The van der Waals surface area contributed by atoms with Crippen LogP contribution in [0.4, 0.5) is 5.69 Å². The lowest BCUT2D eigenvalue weighted by Crippen LogP contribution is -2.39. The van der Waals surface area contributed by atoms with Gasteiger partial charge in [-0.05, 0) is 49.3 Å². The van der Waals surface area contributed by atoms with Gasteiger partial charge in [0.1, 0.15) is 0 Å². The summed E-state index contributed by atoms with van der Waals surface area (Å²) < 4.78 is 0. The van der Waals surface area contributed by atoms with Crippen molar-refractivity contribution in [2.45, 2.75) is 45.6 Å². The molecule has 3 nitrogen and oxygen atoms in total. The molecular formula is C15H21ClN2O. The van der Waals surface area contributed by atoms with Crippen molar-refractivity contribution in [2.75, 3.05) is 5.73 Å². The molecule has 2 rings (SSSR count). The van der Waals surface area contributed by atoms with E-state index in [1.165, 1.54) is 0 Å². The minimum atomic E-state index is -0.0983. The molecule has 0 bridgehead atoms. The van der Waals surface area contributed by atoms with Crippen molar-refractivity contribution in [1.29, 1.82) is 0 Å². The molecule has 1 aromatic carbocycles. The van der Waals surface area contributed by atoms with Crippen LogP contribution in [-0.4, -0.2) is 11.9 Å². The first-order chi connectivity index (χ1) is 8.87. The van der Waals surface area contributed by atoms with E-state index >= 15 is 0 Å². The monoisotopic (exact) mass is 280 g/mol. The van der Waals surface area contributed by atoms with Crippen LogP contribution in [0.1, 0.15) is 49.9 Å². The standard InChI is InChI=1S/C15H21ClN2O/c1-15(2)7-5-11(6-8-15)18-14(19)12-4-3-10(16)9-13(12)17/h3-4,9,11H,5-8,17H2,1-2H3,(H,18,19). The molecule has 1 amide bonds. The van der Waals surface area contributed by atoms with Crippen LogP contribution in [0, 0.1) is 5.41 Å². The van der Waals surface area contributed by atoms with Gasteiger partial charge < -0.3 is 11.1 Å². The van der Waals surface area contributed by atoms with Crippen LogP contribution < -0.4 is 11.1 Å². The second-order valence-electron chi connectivity index (χ2n) is 6.14. The minimum absolute atomic E-state index is 0.0983. The number of hydrogen-bond donors (Lipinski definition) is 2. The van der Waals surface area contributed by atoms with Gasteiger partial charge in [0.25, 0.3) is 5.91 Å². The maximum atomic E-state index is 12.2. The van der Waals surface area contributed by atoms with Gasteiger partial charge in [0.2, 0.25) is 0 Å². The van der Waals surface area contributed by atoms with Gasteiger partial charge in [-0.2, -0.15) is 0 Å². The summed E-state index contributed by atoms with van der Waals surface area (Å²) in [6.45, 7) is 4.56. The Hall–Kier alpha value is -1.22. The van der Waals surface area contributed by atoms with Crippen LogP contribution >= 0.6 is 11.6 Å². The van der Waals surface area contributed by atoms with Gasteiger partial charge in [-0.15, -0.1) is 0 Å². The fourth-order valence-electron chi connectivity index (χ4n) is 2.55. The fraction of sp³-hybridized carbons (Fsp3) is 0.533. The Morgan fingerprint density at radius 2 is 2.00 bits per heavy atom. The van der Waals surface area contributed by atoms with Crippen LogP contribution in [0.5, 0.6) is 0 Å². The van der Waals surface area contributed by atoms with Crippen LogP contribution in [-0.2, 0) is 0 Å².